The fourth-order valence-corrected chi connectivity index (χ4v) is 6.97. The van der Waals surface area contributed by atoms with Crippen LogP contribution in [0, 0.1) is 0 Å². The smallest absolute Gasteiger partial charge is 0.180 e. The molecule has 53 heavy (non-hydrogen) atoms. The molecule has 0 saturated carbocycles. The Morgan fingerprint density at radius 3 is 1.40 bits per heavy atom. The fraction of sp³-hybridized carbons (Fsp3) is 0. The Labute approximate surface area is 305 Å². The second-order valence-corrected chi connectivity index (χ2v) is 12.9. The van der Waals surface area contributed by atoms with Crippen LogP contribution in [0.4, 0.5) is 0 Å². The van der Waals surface area contributed by atoms with Crippen molar-refractivity contribution in [3.05, 3.63) is 176 Å². The van der Waals surface area contributed by atoms with E-state index in [1.165, 1.54) is 5.56 Å². The van der Waals surface area contributed by atoms with Gasteiger partial charge in [0.2, 0.25) is 0 Å². The number of nitrogens with zero attached hydrogens (tertiary/aromatic N) is 5. The van der Waals surface area contributed by atoms with Gasteiger partial charge in [-0.2, -0.15) is 0 Å². The Bertz CT molecular complexity index is 2900. The highest BCUT2D eigenvalue weighted by Crippen LogP contribution is 2.37. The summed E-state index contributed by atoms with van der Waals surface area (Å²) in [7, 11) is 0. The van der Waals surface area contributed by atoms with E-state index < -0.39 is 0 Å². The first-order valence-corrected chi connectivity index (χ1v) is 17.5. The molecule has 0 unspecified atom stereocenters. The number of hydrogen-bond acceptors (Lipinski definition) is 6. The highest BCUT2D eigenvalue weighted by atomic mass is 16.3. The lowest BCUT2D eigenvalue weighted by Crippen LogP contribution is -2.00. The van der Waals surface area contributed by atoms with Gasteiger partial charge in [-0.25, -0.2) is 24.9 Å². The minimum absolute atomic E-state index is 0.620. The van der Waals surface area contributed by atoms with Crippen molar-refractivity contribution in [3.63, 3.8) is 0 Å². The normalized spacial score (nSPS) is 11.4. The summed E-state index contributed by atoms with van der Waals surface area (Å²) in [5, 5.41) is 3.29. The molecule has 0 atom stereocenters. The van der Waals surface area contributed by atoms with Crippen LogP contribution in [0.3, 0.4) is 0 Å². The van der Waals surface area contributed by atoms with Gasteiger partial charge in [0.1, 0.15) is 23.1 Å². The minimum atomic E-state index is 0.620. The molecular formula is C47H29N5O. The molecule has 3 aromatic heterocycles. The molecule has 3 heterocycles. The quantitative estimate of drug-likeness (QED) is 0.174. The molecule has 0 aliphatic rings. The first kappa shape index (κ1) is 30.5. The molecular weight excluding hydrogens is 651 g/mol. The van der Waals surface area contributed by atoms with Gasteiger partial charge in [-0.05, 0) is 39.1 Å². The van der Waals surface area contributed by atoms with Crippen LogP contribution in [0.15, 0.2) is 181 Å². The third-order valence-electron chi connectivity index (χ3n) is 9.70. The fourth-order valence-electron chi connectivity index (χ4n) is 6.97. The Morgan fingerprint density at radius 1 is 0.358 bits per heavy atom. The van der Waals surface area contributed by atoms with Crippen molar-refractivity contribution in [2.45, 2.75) is 0 Å². The third kappa shape index (κ3) is 5.59. The van der Waals surface area contributed by atoms with Gasteiger partial charge < -0.3 is 4.42 Å². The molecule has 0 saturated heterocycles. The average molecular weight is 680 g/mol. The maximum absolute atomic E-state index is 6.37. The largest absolute Gasteiger partial charge is 0.452 e. The lowest BCUT2D eigenvalue weighted by atomic mass is 10.0. The molecule has 0 fully saturated rings. The summed E-state index contributed by atoms with van der Waals surface area (Å²) in [6, 6.07) is 57.9. The zero-order chi connectivity index (χ0) is 35.1. The van der Waals surface area contributed by atoms with Crippen LogP contribution in [0.5, 0.6) is 0 Å². The first-order chi connectivity index (χ1) is 26.2. The molecule has 0 amide bonds. The van der Waals surface area contributed by atoms with E-state index >= 15 is 0 Å². The predicted octanol–water partition coefficient (Wildman–Crippen LogP) is 11.7. The molecule has 0 aliphatic carbocycles. The second kappa shape index (κ2) is 12.8. The van der Waals surface area contributed by atoms with E-state index in [0.717, 1.165) is 71.9 Å². The average Bonchev–Trinajstić information content (AvgIpc) is 3.64. The van der Waals surface area contributed by atoms with E-state index in [0.29, 0.717) is 23.1 Å². The standard InChI is InChI=1S/C47H29N5O/c1-3-9-30(10-4-1)31-17-23-37(24-18-31)46-50-45(36-12-5-2-6-13-36)51-47(52-46)38-25-19-33(20-26-38)32-15-21-35(22-16-32)42-44-43(49-29-48-42)41-39-14-8-7-11-34(39)27-28-40(41)53-44/h1-29H. The zero-order valence-corrected chi connectivity index (χ0v) is 28.4. The minimum Gasteiger partial charge on any atom is -0.452 e. The monoisotopic (exact) mass is 679 g/mol. The van der Waals surface area contributed by atoms with Crippen molar-refractivity contribution in [1.29, 1.82) is 0 Å². The van der Waals surface area contributed by atoms with Crippen molar-refractivity contribution in [3.8, 4) is 67.7 Å². The topological polar surface area (TPSA) is 77.6 Å². The molecule has 6 heteroatoms. The van der Waals surface area contributed by atoms with Crippen LogP contribution in [0.25, 0.3) is 101 Å². The van der Waals surface area contributed by atoms with Gasteiger partial charge in [-0.15, -0.1) is 0 Å². The van der Waals surface area contributed by atoms with Crippen LogP contribution in [0.1, 0.15) is 0 Å². The molecule has 10 rings (SSSR count). The summed E-state index contributed by atoms with van der Waals surface area (Å²) < 4.78 is 6.37. The van der Waals surface area contributed by atoms with E-state index in [1.54, 1.807) is 6.33 Å². The molecule has 0 radical (unpaired) electrons. The number of aromatic nitrogens is 5. The summed E-state index contributed by atoms with van der Waals surface area (Å²) in [6.07, 6.45) is 1.62. The Hall–Kier alpha value is -7.31. The number of furan rings is 1. The van der Waals surface area contributed by atoms with E-state index in [9.17, 15) is 0 Å². The van der Waals surface area contributed by atoms with E-state index in [1.807, 2.05) is 54.6 Å². The molecule has 0 N–H and O–H groups in total. The van der Waals surface area contributed by atoms with Crippen molar-refractivity contribution < 1.29 is 4.42 Å². The maximum Gasteiger partial charge on any atom is 0.180 e. The molecule has 248 valence electrons. The summed E-state index contributed by atoms with van der Waals surface area (Å²) >= 11 is 0. The number of benzene rings is 7. The zero-order valence-electron chi connectivity index (χ0n) is 28.4. The predicted molar refractivity (Wildman–Crippen MR) is 213 cm³/mol. The Balaban J connectivity index is 0.971. The van der Waals surface area contributed by atoms with Gasteiger partial charge in [0, 0.05) is 22.3 Å². The highest BCUT2D eigenvalue weighted by Gasteiger charge is 2.17. The summed E-state index contributed by atoms with van der Waals surface area (Å²) in [5.74, 6) is 1.88. The van der Waals surface area contributed by atoms with Crippen molar-refractivity contribution >= 4 is 32.8 Å². The SMILES string of the molecule is c1ccc(-c2ccc(-c3nc(-c4ccccc4)nc(-c4ccc(-c5ccc(-c6ncnc7c6oc6ccc8ccccc8c67)cc5)cc4)n3)cc2)cc1. The van der Waals surface area contributed by atoms with E-state index in [2.05, 4.69) is 125 Å². The van der Waals surface area contributed by atoms with Gasteiger partial charge in [0.05, 0.1) is 5.39 Å². The highest BCUT2D eigenvalue weighted by molar-refractivity contribution is 6.18. The number of rotatable bonds is 6. The van der Waals surface area contributed by atoms with Crippen molar-refractivity contribution in [1.82, 2.24) is 24.9 Å². The lowest BCUT2D eigenvalue weighted by Gasteiger charge is -2.10. The van der Waals surface area contributed by atoms with Gasteiger partial charge in [-0.1, -0.05) is 164 Å². The van der Waals surface area contributed by atoms with Gasteiger partial charge in [0.15, 0.2) is 23.1 Å². The summed E-state index contributed by atoms with van der Waals surface area (Å²) in [4.78, 5) is 24.1. The van der Waals surface area contributed by atoms with Crippen LogP contribution >= 0.6 is 0 Å². The molecule has 0 aliphatic heterocycles. The van der Waals surface area contributed by atoms with E-state index in [4.69, 9.17) is 19.4 Å². The molecule has 0 bridgehead atoms. The number of hydrogen-bond donors (Lipinski definition) is 0. The van der Waals surface area contributed by atoms with Crippen LogP contribution in [-0.2, 0) is 0 Å². The third-order valence-corrected chi connectivity index (χ3v) is 9.70. The summed E-state index contributed by atoms with van der Waals surface area (Å²) in [6.45, 7) is 0. The van der Waals surface area contributed by atoms with Crippen LogP contribution in [-0.4, -0.2) is 24.9 Å². The first-order valence-electron chi connectivity index (χ1n) is 17.5. The van der Waals surface area contributed by atoms with Crippen LogP contribution in [0.2, 0.25) is 0 Å². The molecule has 6 nitrogen and oxygen atoms in total. The van der Waals surface area contributed by atoms with Crippen LogP contribution < -0.4 is 0 Å². The van der Waals surface area contributed by atoms with Gasteiger partial charge >= 0.3 is 0 Å². The summed E-state index contributed by atoms with van der Waals surface area (Å²) in [5.41, 5.74) is 11.3. The van der Waals surface area contributed by atoms with Gasteiger partial charge in [-0.3, -0.25) is 0 Å². The van der Waals surface area contributed by atoms with Crippen molar-refractivity contribution in [2.24, 2.45) is 0 Å². The molecule has 0 spiro atoms. The maximum atomic E-state index is 6.37. The van der Waals surface area contributed by atoms with Gasteiger partial charge in [0.25, 0.3) is 0 Å². The second-order valence-electron chi connectivity index (χ2n) is 12.9. The Morgan fingerprint density at radius 2 is 0.811 bits per heavy atom. The van der Waals surface area contributed by atoms with Crippen molar-refractivity contribution in [2.75, 3.05) is 0 Å². The van der Waals surface area contributed by atoms with E-state index in [-0.39, 0.29) is 0 Å². The molecule has 7 aromatic carbocycles. The number of fused-ring (bicyclic) bond motifs is 5. The Kier molecular flexibility index (Phi) is 7.36. The lowest BCUT2D eigenvalue weighted by molar-refractivity contribution is 0.667. The molecule has 10 aromatic rings.